The zero-order valence-electron chi connectivity index (χ0n) is 13.8. The number of hydrogen-bond donors (Lipinski definition) is 1. The molecule has 1 aromatic heterocycles. The maximum Gasteiger partial charge on any atom is 0.193 e. The molecule has 3 rings (SSSR count). The first-order chi connectivity index (χ1) is 11.6. The molecule has 24 heavy (non-hydrogen) atoms. The van der Waals surface area contributed by atoms with E-state index in [-0.39, 0.29) is 5.02 Å². The number of hydrogen-bond acceptors (Lipinski definition) is 2. The molecular formula is C17H21ClFN5. The van der Waals surface area contributed by atoms with E-state index in [0.29, 0.717) is 12.5 Å². The van der Waals surface area contributed by atoms with Gasteiger partial charge in [0.05, 0.1) is 11.2 Å². The molecule has 0 saturated carbocycles. The molecule has 0 amide bonds. The topological polar surface area (TPSA) is 45.5 Å². The average Bonchev–Trinajstić information content (AvgIpc) is 3.20. The Bertz CT molecular complexity index is 742. The summed E-state index contributed by atoms with van der Waals surface area (Å²) in [5, 5.41) is 7.72. The molecule has 0 radical (unpaired) electrons. The van der Waals surface area contributed by atoms with E-state index < -0.39 is 5.82 Å². The van der Waals surface area contributed by atoms with Crippen molar-refractivity contribution in [3.63, 3.8) is 0 Å². The van der Waals surface area contributed by atoms with E-state index in [9.17, 15) is 4.39 Å². The van der Waals surface area contributed by atoms with Crippen LogP contribution in [0.5, 0.6) is 0 Å². The van der Waals surface area contributed by atoms with Gasteiger partial charge in [-0.1, -0.05) is 17.7 Å². The second-order valence-corrected chi connectivity index (χ2v) is 6.44. The van der Waals surface area contributed by atoms with Gasteiger partial charge in [-0.3, -0.25) is 9.67 Å². The highest BCUT2D eigenvalue weighted by Crippen LogP contribution is 2.26. The van der Waals surface area contributed by atoms with Gasteiger partial charge >= 0.3 is 0 Å². The van der Waals surface area contributed by atoms with Crippen LogP contribution < -0.4 is 5.32 Å². The summed E-state index contributed by atoms with van der Waals surface area (Å²) in [5.41, 5.74) is 2.19. The molecule has 0 aliphatic carbocycles. The van der Waals surface area contributed by atoms with E-state index in [1.54, 1.807) is 19.2 Å². The zero-order chi connectivity index (χ0) is 17.1. The van der Waals surface area contributed by atoms with E-state index in [4.69, 9.17) is 11.6 Å². The lowest BCUT2D eigenvalue weighted by Crippen LogP contribution is -2.39. The molecule has 1 aliphatic rings. The lowest BCUT2D eigenvalue weighted by Gasteiger charge is -2.21. The third-order valence-electron chi connectivity index (χ3n) is 4.33. The number of nitrogens with zero attached hydrogens (tertiary/aromatic N) is 4. The Morgan fingerprint density at radius 1 is 1.50 bits per heavy atom. The van der Waals surface area contributed by atoms with Crippen molar-refractivity contribution in [1.29, 1.82) is 0 Å². The summed E-state index contributed by atoms with van der Waals surface area (Å²) in [7, 11) is 3.71. The highest BCUT2D eigenvalue weighted by molar-refractivity contribution is 6.30. The number of rotatable bonds is 3. The van der Waals surface area contributed by atoms with Crippen molar-refractivity contribution in [3.05, 3.63) is 52.6 Å². The minimum atomic E-state index is -0.399. The lowest BCUT2D eigenvalue weighted by molar-refractivity contribution is 0.485. The highest BCUT2D eigenvalue weighted by Gasteiger charge is 2.26. The Morgan fingerprint density at radius 2 is 2.33 bits per heavy atom. The van der Waals surface area contributed by atoms with Gasteiger partial charge in [-0.25, -0.2) is 4.39 Å². The van der Waals surface area contributed by atoms with Crippen molar-refractivity contribution in [3.8, 4) is 0 Å². The number of aryl methyl sites for hydroxylation is 1. The molecule has 1 saturated heterocycles. The monoisotopic (exact) mass is 349 g/mol. The Labute approximate surface area is 146 Å². The summed E-state index contributed by atoms with van der Waals surface area (Å²) < 4.78 is 15.1. The number of nitrogens with one attached hydrogen (secondary N) is 1. The zero-order valence-corrected chi connectivity index (χ0v) is 14.6. The summed E-state index contributed by atoms with van der Waals surface area (Å²) in [5.74, 6) is 0.919. The minimum Gasteiger partial charge on any atom is -0.352 e. The third-order valence-corrected chi connectivity index (χ3v) is 4.62. The van der Waals surface area contributed by atoms with E-state index in [2.05, 4.69) is 26.5 Å². The second-order valence-electron chi connectivity index (χ2n) is 6.03. The number of halogens is 2. The minimum absolute atomic E-state index is 0.141. The van der Waals surface area contributed by atoms with Gasteiger partial charge in [-0.05, 0) is 29.7 Å². The molecule has 1 aromatic carbocycles. The van der Waals surface area contributed by atoms with Crippen molar-refractivity contribution < 1.29 is 4.39 Å². The molecular weight excluding hydrogens is 329 g/mol. The van der Waals surface area contributed by atoms with Gasteiger partial charge in [0.2, 0.25) is 0 Å². The Morgan fingerprint density at radius 3 is 3.00 bits per heavy atom. The van der Waals surface area contributed by atoms with Crippen LogP contribution in [0.3, 0.4) is 0 Å². The molecule has 0 bridgehead atoms. The number of benzene rings is 1. The quantitative estimate of drug-likeness (QED) is 0.684. The number of likely N-dealkylation sites (tertiary alicyclic amines) is 1. The summed E-state index contributed by atoms with van der Waals surface area (Å²) in [6, 6.07) is 4.75. The summed E-state index contributed by atoms with van der Waals surface area (Å²) in [4.78, 5) is 6.60. The second kappa shape index (κ2) is 7.21. The van der Waals surface area contributed by atoms with Gasteiger partial charge < -0.3 is 10.2 Å². The number of aromatic nitrogens is 2. The van der Waals surface area contributed by atoms with Gasteiger partial charge in [-0.2, -0.15) is 5.10 Å². The van der Waals surface area contributed by atoms with Gasteiger partial charge in [0.25, 0.3) is 0 Å². The van der Waals surface area contributed by atoms with E-state index in [1.807, 2.05) is 17.9 Å². The molecule has 7 heteroatoms. The van der Waals surface area contributed by atoms with E-state index in [1.165, 1.54) is 11.6 Å². The molecule has 128 valence electrons. The van der Waals surface area contributed by atoms with Crippen molar-refractivity contribution in [2.24, 2.45) is 12.0 Å². The predicted octanol–water partition coefficient (Wildman–Crippen LogP) is 2.78. The fraction of sp³-hybridized carbons (Fsp3) is 0.412. The average molecular weight is 350 g/mol. The van der Waals surface area contributed by atoms with Crippen LogP contribution in [0.25, 0.3) is 0 Å². The van der Waals surface area contributed by atoms with Crippen LogP contribution in [0.4, 0.5) is 4.39 Å². The summed E-state index contributed by atoms with van der Waals surface area (Å²) in [6.07, 6.45) is 5.09. The predicted molar refractivity (Wildman–Crippen MR) is 93.7 cm³/mol. The number of guanidine groups is 1. The molecule has 1 atom stereocenters. The van der Waals surface area contributed by atoms with Crippen LogP contribution in [-0.2, 0) is 13.6 Å². The normalized spacial score (nSPS) is 18.2. The number of aliphatic imine (C=N–C) groups is 1. The lowest BCUT2D eigenvalue weighted by atomic mass is 10.0. The molecule has 1 unspecified atom stereocenters. The molecule has 2 heterocycles. The summed E-state index contributed by atoms with van der Waals surface area (Å²) in [6.45, 7) is 2.42. The summed E-state index contributed by atoms with van der Waals surface area (Å²) >= 11 is 5.83. The van der Waals surface area contributed by atoms with Crippen LogP contribution in [0, 0.1) is 5.82 Å². The van der Waals surface area contributed by atoms with Crippen LogP contribution in [0.2, 0.25) is 5.02 Å². The van der Waals surface area contributed by atoms with Crippen LogP contribution in [0.15, 0.2) is 35.6 Å². The van der Waals surface area contributed by atoms with Gasteiger partial charge in [0.1, 0.15) is 5.82 Å². The Balaban J connectivity index is 1.59. The first kappa shape index (κ1) is 16.8. The molecule has 1 N–H and O–H groups in total. The molecule has 1 aliphatic heterocycles. The Hall–Kier alpha value is -2.08. The van der Waals surface area contributed by atoms with Crippen molar-refractivity contribution in [2.45, 2.75) is 18.9 Å². The van der Waals surface area contributed by atoms with Gasteiger partial charge in [0.15, 0.2) is 5.96 Å². The molecule has 1 fully saturated rings. The fourth-order valence-corrected chi connectivity index (χ4v) is 3.24. The SMILES string of the molecule is CN=C(NCc1ccc(F)c(Cl)c1)N1CCC(c2cnn(C)c2)C1. The van der Waals surface area contributed by atoms with Crippen molar-refractivity contribution in [2.75, 3.05) is 20.1 Å². The maximum absolute atomic E-state index is 13.2. The largest absolute Gasteiger partial charge is 0.352 e. The van der Waals surface area contributed by atoms with E-state index >= 15 is 0 Å². The fourth-order valence-electron chi connectivity index (χ4n) is 3.04. The van der Waals surface area contributed by atoms with Gasteiger partial charge in [-0.15, -0.1) is 0 Å². The van der Waals surface area contributed by atoms with Crippen LogP contribution >= 0.6 is 11.6 Å². The van der Waals surface area contributed by atoms with Crippen molar-refractivity contribution >= 4 is 17.6 Å². The Kier molecular flexibility index (Phi) is 5.04. The van der Waals surface area contributed by atoms with Crippen molar-refractivity contribution in [1.82, 2.24) is 20.0 Å². The van der Waals surface area contributed by atoms with Crippen LogP contribution in [0.1, 0.15) is 23.5 Å². The highest BCUT2D eigenvalue weighted by atomic mass is 35.5. The molecule has 0 spiro atoms. The van der Waals surface area contributed by atoms with Crippen LogP contribution in [-0.4, -0.2) is 40.8 Å². The first-order valence-corrected chi connectivity index (χ1v) is 8.32. The molecule has 2 aromatic rings. The smallest absolute Gasteiger partial charge is 0.193 e. The standard InChI is InChI=1S/C17H21ClFN5/c1-20-17(21-8-12-3-4-16(19)15(18)7-12)24-6-5-13(11-24)14-9-22-23(2)10-14/h3-4,7,9-10,13H,5-6,8,11H2,1-2H3,(H,20,21). The third kappa shape index (κ3) is 3.70. The first-order valence-electron chi connectivity index (χ1n) is 7.95. The molecule has 5 nitrogen and oxygen atoms in total. The van der Waals surface area contributed by atoms with E-state index in [0.717, 1.165) is 31.0 Å². The van der Waals surface area contributed by atoms with Gasteiger partial charge in [0, 0.05) is 45.8 Å². The maximum atomic E-state index is 13.2.